The van der Waals surface area contributed by atoms with Crippen LogP contribution in [0.25, 0.3) is 11.5 Å². The zero-order valence-electron chi connectivity index (χ0n) is 12.7. The Hall–Kier alpha value is -2.86. The van der Waals surface area contributed by atoms with Gasteiger partial charge in [-0.25, -0.2) is 4.79 Å². The van der Waals surface area contributed by atoms with Crippen LogP contribution in [0.4, 0.5) is 0 Å². The Morgan fingerprint density at radius 3 is 2.46 bits per heavy atom. The zero-order chi connectivity index (χ0) is 16.9. The molecule has 0 radical (unpaired) electrons. The second kappa shape index (κ2) is 7.14. The highest BCUT2D eigenvalue weighted by Crippen LogP contribution is 2.20. The Labute approximate surface area is 143 Å². The molecule has 24 heavy (non-hydrogen) atoms. The molecule has 0 N–H and O–H groups in total. The molecule has 0 amide bonds. The molecular weight excluding hydrogens is 332 g/mol. The molecule has 0 aliphatic heterocycles. The first-order valence-corrected chi connectivity index (χ1v) is 7.43. The van der Waals surface area contributed by atoms with Gasteiger partial charge < -0.3 is 13.9 Å². The van der Waals surface area contributed by atoms with Gasteiger partial charge in [0.15, 0.2) is 6.61 Å². The van der Waals surface area contributed by atoms with Gasteiger partial charge in [0.1, 0.15) is 5.75 Å². The average Bonchev–Trinajstić information content (AvgIpc) is 3.09. The molecule has 0 fully saturated rings. The molecule has 7 heteroatoms. The van der Waals surface area contributed by atoms with E-state index in [9.17, 15) is 4.79 Å². The molecule has 0 unspecified atom stereocenters. The van der Waals surface area contributed by atoms with Crippen LogP contribution in [-0.2, 0) is 11.3 Å². The Bertz CT molecular complexity index is 829. The van der Waals surface area contributed by atoms with Crippen molar-refractivity contribution in [2.24, 2.45) is 0 Å². The van der Waals surface area contributed by atoms with Crippen molar-refractivity contribution in [1.29, 1.82) is 0 Å². The van der Waals surface area contributed by atoms with Crippen LogP contribution in [0.3, 0.4) is 0 Å². The number of hydrogen-bond acceptors (Lipinski definition) is 6. The fraction of sp³-hybridized carbons (Fsp3) is 0.118. The van der Waals surface area contributed by atoms with E-state index in [0.29, 0.717) is 22.2 Å². The Morgan fingerprint density at radius 1 is 1.08 bits per heavy atom. The predicted octanol–water partition coefficient (Wildman–Crippen LogP) is 3.76. The number of carbonyl (C=O) groups excluding carboxylic acids is 1. The van der Waals surface area contributed by atoms with Crippen LogP contribution >= 0.6 is 11.6 Å². The van der Waals surface area contributed by atoms with Gasteiger partial charge in [0.25, 0.3) is 5.89 Å². The van der Waals surface area contributed by atoms with Crippen molar-refractivity contribution in [2.45, 2.75) is 6.61 Å². The smallest absolute Gasteiger partial charge is 0.338 e. The van der Waals surface area contributed by atoms with Gasteiger partial charge in [0.2, 0.25) is 5.89 Å². The maximum atomic E-state index is 12.0. The molecule has 2 aromatic carbocycles. The van der Waals surface area contributed by atoms with Gasteiger partial charge in [-0.15, -0.1) is 10.2 Å². The lowest BCUT2D eigenvalue weighted by Gasteiger charge is -2.03. The van der Waals surface area contributed by atoms with Crippen molar-refractivity contribution < 1.29 is 18.7 Å². The van der Waals surface area contributed by atoms with E-state index in [0.717, 1.165) is 5.56 Å². The quantitative estimate of drug-likeness (QED) is 0.656. The van der Waals surface area contributed by atoms with Gasteiger partial charge in [0, 0.05) is 10.6 Å². The number of rotatable bonds is 5. The Balaban J connectivity index is 1.62. The van der Waals surface area contributed by atoms with E-state index in [1.165, 1.54) is 0 Å². The molecule has 0 spiro atoms. The molecule has 3 rings (SSSR count). The van der Waals surface area contributed by atoms with Crippen molar-refractivity contribution in [3.63, 3.8) is 0 Å². The van der Waals surface area contributed by atoms with Crippen LogP contribution < -0.4 is 4.74 Å². The average molecular weight is 345 g/mol. The van der Waals surface area contributed by atoms with Gasteiger partial charge in [-0.1, -0.05) is 11.6 Å². The molecule has 0 saturated heterocycles. The van der Waals surface area contributed by atoms with Gasteiger partial charge in [-0.3, -0.25) is 0 Å². The van der Waals surface area contributed by atoms with Gasteiger partial charge in [-0.2, -0.15) is 0 Å². The highest BCUT2D eigenvalue weighted by molar-refractivity contribution is 6.30. The molecule has 3 aromatic rings. The number of esters is 1. The number of hydrogen-bond donors (Lipinski definition) is 0. The summed E-state index contributed by atoms with van der Waals surface area (Å²) >= 11 is 5.83. The van der Waals surface area contributed by atoms with Crippen LogP contribution in [0, 0.1) is 0 Å². The Morgan fingerprint density at radius 2 is 1.79 bits per heavy atom. The largest absolute Gasteiger partial charge is 0.497 e. The Kier molecular flexibility index (Phi) is 4.77. The van der Waals surface area contributed by atoms with Crippen molar-refractivity contribution in [3.05, 3.63) is 65.0 Å². The van der Waals surface area contributed by atoms with Gasteiger partial charge in [0.05, 0.1) is 12.7 Å². The fourth-order valence-electron chi connectivity index (χ4n) is 1.96. The summed E-state index contributed by atoms with van der Waals surface area (Å²) in [4.78, 5) is 12.0. The van der Waals surface area contributed by atoms with Crippen LogP contribution in [-0.4, -0.2) is 23.3 Å². The van der Waals surface area contributed by atoms with E-state index >= 15 is 0 Å². The second-order valence-electron chi connectivity index (χ2n) is 4.81. The molecular formula is C17H13ClN2O4. The second-order valence-corrected chi connectivity index (χ2v) is 5.25. The summed E-state index contributed by atoms with van der Waals surface area (Å²) in [5, 5.41) is 8.40. The van der Waals surface area contributed by atoms with E-state index in [1.54, 1.807) is 55.6 Å². The molecule has 0 bridgehead atoms. The lowest BCUT2D eigenvalue weighted by Crippen LogP contribution is -2.05. The van der Waals surface area contributed by atoms with Crippen LogP contribution in [0.1, 0.15) is 16.2 Å². The summed E-state index contributed by atoms with van der Waals surface area (Å²) in [5.41, 5.74) is 1.15. The minimum absolute atomic E-state index is 0.106. The number of benzene rings is 2. The normalized spacial score (nSPS) is 10.4. The molecule has 6 nitrogen and oxygen atoms in total. The van der Waals surface area contributed by atoms with Gasteiger partial charge in [-0.05, 0) is 48.5 Å². The van der Waals surface area contributed by atoms with E-state index in [1.807, 2.05) is 0 Å². The third-order valence-electron chi connectivity index (χ3n) is 3.21. The first kappa shape index (κ1) is 16.0. The monoisotopic (exact) mass is 344 g/mol. The molecule has 122 valence electrons. The zero-order valence-corrected chi connectivity index (χ0v) is 13.5. The standard InChI is InChI=1S/C17H13ClN2O4/c1-22-14-8-4-12(5-9-14)17(21)23-10-15-19-20-16(24-15)11-2-6-13(18)7-3-11/h2-9H,10H2,1H3. The lowest BCUT2D eigenvalue weighted by atomic mass is 10.2. The van der Waals surface area contributed by atoms with Gasteiger partial charge >= 0.3 is 5.97 Å². The van der Waals surface area contributed by atoms with Crippen molar-refractivity contribution in [3.8, 4) is 17.2 Å². The fourth-order valence-corrected chi connectivity index (χ4v) is 2.08. The summed E-state index contributed by atoms with van der Waals surface area (Å²) in [6.07, 6.45) is 0. The van der Waals surface area contributed by atoms with Crippen LogP contribution in [0.5, 0.6) is 5.75 Å². The molecule has 0 aliphatic rings. The maximum Gasteiger partial charge on any atom is 0.338 e. The van der Waals surface area contributed by atoms with Crippen molar-refractivity contribution >= 4 is 17.6 Å². The minimum Gasteiger partial charge on any atom is -0.497 e. The molecule has 1 aromatic heterocycles. The summed E-state index contributed by atoms with van der Waals surface area (Å²) in [6.45, 7) is -0.106. The number of ether oxygens (including phenoxy) is 2. The summed E-state index contributed by atoms with van der Waals surface area (Å²) in [7, 11) is 1.56. The number of aromatic nitrogens is 2. The topological polar surface area (TPSA) is 74.5 Å². The SMILES string of the molecule is COc1ccc(C(=O)OCc2nnc(-c3ccc(Cl)cc3)o2)cc1. The lowest BCUT2D eigenvalue weighted by molar-refractivity contribution is 0.0438. The summed E-state index contributed by atoms with van der Waals surface area (Å²) in [5.74, 6) is 0.726. The van der Waals surface area contributed by atoms with Crippen molar-refractivity contribution in [2.75, 3.05) is 7.11 Å². The third-order valence-corrected chi connectivity index (χ3v) is 3.46. The van der Waals surface area contributed by atoms with Crippen LogP contribution in [0.15, 0.2) is 52.9 Å². The van der Waals surface area contributed by atoms with Crippen molar-refractivity contribution in [1.82, 2.24) is 10.2 Å². The minimum atomic E-state index is -0.483. The van der Waals surface area contributed by atoms with E-state index in [-0.39, 0.29) is 12.5 Å². The van der Waals surface area contributed by atoms with Crippen LogP contribution in [0.2, 0.25) is 5.02 Å². The predicted molar refractivity (Wildman–Crippen MR) is 86.9 cm³/mol. The molecule has 1 heterocycles. The third kappa shape index (κ3) is 3.72. The molecule has 0 saturated carbocycles. The molecule has 0 aliphatic carbocycles. The van der Waals surface area contributed by atoms with E-state index in [4.69, 9.17) is 25.5 Å². The number of halogens is 1. The first-order valence-electron chi connectivity index (χ1n) is 7.05. The number of carbonyl (C=O) groups is 1. The number of nitrogens with zero attached hydrogens (tertiary/aromatic N) is 2. The highest BCUT2D eigenvalue weighted by atomic mass is 35.5. The number of methoxy groups -OCH3 is 1. The van der Waals surface area contributed by atoms with E-state index in [2.05, 4.69) is 10.2 Å². The summed E-state index contributed by atoms with van der Waals surface area (Å²) in [6, 6.07) is 13.6. The summed E-state index contributed by atoms with van der Waals surface area (Å²) < 4.78 is 15.7. The first-order chi connectivity index (χ1) is 11.7. The molecule has 0 atom stereocenters. The van der Waals surface area contributed by atoms with E-state index < -0.39 is 5.97 Å². The highest BCUT2D eigenvalue weighted by Gasteiger charge is 2.12. The maximum absolute atomic E-state index is 12.0.